The van der Waals surface area contributed by atoms with Gasteiger partial charge in [0.1, 0.15) is 12.6 Å². The number of hydrogen-bond acceptors (Lipinski definition) is 4. The maximum atomic E-state index is 14.2. The summed E-state index contributed by atoms with van der Waals surface area (Å²) in [6.07, 6.45) is 5.12. The van der Waals surface area contributed by atoms with E-state index in [1.165, 1.54) is 17.0 Å². The molecule has 0 spiro atoms. The summed E-state index contributed by atoms with van der Waals surface area (Å²) >= 11 is 6.48. The number of nitrogens with zero attached hydrogens (tertiary/aromatic N) is 2. The first kappa shape index (κ1) is 30.6. The van der Waals surface area contributed by atoms with E-state index in [1.54, 1.807) is 42.5 Å². The van der Waals surface area contributed by atoms with Crippen LogP contribution in [-0.2, 0) is 32.6 Å². The van der Waals surface area contributed by atoms with Crippen LogP contribution in [0.4, 0.5) is 5.69 Å². The third-order valence-electron chi connectivity index (χ3n) is 7.63. The molecule has 1 saturated carbocycles. The Labute approximate surface area is 248 Å². The molecular weight excluding hydrogens is 558 g/mol. The van der Waals surface area contributed by atoms with Crippen molar-refractivity contribution in [3.63, 3.8) is 0 Å². The van der Waals surface area contributed by atoms with Crippen molar-refractivity contribution >= 4 is 39.1 Å². The van der Waals surface area contributed by atoms with Crippen LogP contribution in [0.25, 0.3) is 0 Å². The first-order valence-corrected chi connectivity index (χ1v) is 16.1. The zero-order chi connectivity index (χ0) is 29.4. The zero-order valence-electron chi connectivity index (χ0n) is 23.6. The summed E-state index contributed by atoms with van der Waals surface area (Å²) in [5.74, 6) is -0.720. The number of benzene rings is 3. The number of nitrogens with one attached hydrogen (secondary N) is 1. The van der Waals surface area contributed by atoms with Gasteiger partial charge in [0.25, 0.3) is 10.0 Å². The summed E-state index contributed by atoms with van der Waals surface area (Å²) in [4.78, 5) is 29.3. The van der Waals surface area contributed by atoms with Crippen LogP contribution in [0.1, 0.15) is 57.1 Å². The Balaban J connectivity index is 1.71. The first-order valence-electron chi connectivity index (χ1n) is 14.2. The topological polar surface area (TPSA) is 86.8 Å². The highest BCUT2D eigenvalue weighted by Gasteiger charge is 2.34. The van der Waals surface area contributed by atoms with Gasteiger partial charge in [-0.15, -0.1) is 0 Å². The van der Waals surface area contributed by atoms with Crippen LogP contribution in [0.5, 0.6) is 0 Å². The number of hydrogen-bond donors (Lipinski definition) is 1. The largest absolute Gasteiger partial charge is 0.352 e. The van der Waals surface area contributed by atoms with Crippen LogP contribution < -0.4 is 9.62 Å². The zero-order valence-corrected chi connectivity index (χ0v) is 25.2. The Morgan fingerprint density at radius 3 is 2.17 bits per heavy atom. The fraction of sp³-hybridized carbons (Fsp3) is 0.375. The van der Waals surface area contributed by atoms with Crippen LogP contribution in [0.3, 0.4) is 0 Å². The normalized spacial score (nSPS) is 14.4. The standard InChI is InChI=1S/C32H38ClN3O4S/c1-3-24-18-20-27(21-19-24)36(41(39,40)28-15-6-5-7-16-28)23-31(37)35(22-25-12-8-11-17-29(25)33)30(4-2)32(38)34-26-13-9-10-14-26/h5-8,11-12,15-21,26,30H,3-4,9-10,13-14,22-23H2,1-2H3,(H,34,38). The van der Waals surface area contributed by atoms with E-state index in [9.17, 15) is 18.0 Å². The van der Waals surface area contributed by atoms with Gasteiger partial charge >= 0.3 is 0 Å². The highest BCUT2D eigenvalue weighted by Crippen LogP contribution is 2.26. The predicted molar refractivity (Wildman–Crippen MR) is 163 cm³/mol. The number of carbonyl (C=O) groups excluding carboxylic acids is 2. The first-order chi connectivity index (χ1) is 19.7. The molecule has 1 fully saturated rings. The fourth-order valence-corrected chi connectivity index (χ4v) is 6.87. The Kier molecular flexibility index (Phi) is 10.5. The second kappa shape index (κ2) is 14.0. The molecule has 1 aliphatic rings. The Morgan fingerprint density at radius 1 is 0.927 bits per heavy atom. The Bertz CT molecular complexity index is 1420. The smallest absolute Gasteiger partial charge is 0.264 e. The number of amides is 2. The number of halogens is 1. The lowest BCUT2D eigenvalue weighted by Crippen LogP contribution is -2.53. The Hall–Kier alpha value is -3.36. The van der Waals surface area contributed by atoms with Gasteiger partial charge in [0, 0.05) is 17.6 Å². The highest BCUT2D eigenvalue weighted by atomic mass is 35.5. The van der Waals surface area contributed by atoms with Gasteiger partial charge in [-0.3, -0.25) is 13.9 Å². The molecule has 2 amide bonds. The molecule has 4 rings (SSSR count). The summed E-state index contributed by atoms with van der Waals surface area (Å²) in [5.41, 5.74) is 2.10. The summed E-state index contributed by atoms with van der Waals surface area (Å²) < 4.78 is 29.0. The minimum absolute atomic E-state index is 0.0725. The van der Waals surface area contributed by atoms with Crippen LogP contribution >= 0.6 is 11.6 Å². The molecule has 1 N–H and O–H groups in total. The molecular formula is C32H38ClN3O4S. The van der Waals surface area contributed by atoms with Crippen molar-refractivity contribution in [1.29, 1.82) is 0 Å². The van der Waals surface area contributed by atoms with E-state index >= 15 is 0 Å². The van der Waals surface area contributed by atoms with Crippen LogP contribution in [-0.4, -0.2) is 43.8 Å². The highest BCUT2D eigenvalue weighted by molar-refractivity contribution is 7.92. The molecule has 3 aromatic carbocycles. The van der Waals surface area contributed by atoms with E-state index in [2.05, 4.69) is 5.32 Å². The van der Waals surface area contributed by atoms with Gasteiger partial charge in [-0.1, -0.05) is 86.8 Å². The summed E-state index contributed by atoms with van der Waals surface area (Å²) in [5, 5.41) is 3.59. The lowest BCUT2D eigenvalue weighted by Gasteiger charge is -2.34. The van der Waals surface area contributed by atoms with Crippen molar-refractivity contribution in [2.24, 2.45) is 0 Å². The van der Waals surface area contributed by atoms with Crippen molar-refractivity contribution < 1.29 is 18.0 Å². The van der Waals surface area contributed by atoms with E-state index in [1.807, 2.05) is 38.1 Å². The van der Waals surface area contributed by atoms with E-state index in [-0.39, 0.29) is 23.4 Å². The van der Waals surface area contributed by atoms with Crippen LogP contribution in [0.15, 0.2) is 83.8 Å². The number of anilines is 1. The minimum atomic E-state index is -4.10. The SMILES string of the molecule is CCc1ccc(N(CC(=O)N(Cc2ccccc2Cl)C(CC)C(=O)NC2CCCC2)S(=O)(=O)c2ccccc2)cc1. The fourth-order valence-electron chi connectivity index (χ4n) is 5.24. The van der Waals surface area contributed by atoms with Gasteiger partial charge in [0.15, 0.2) is 0 Å². The molecule has 0 heterocycles. The lowest BCUT2D eigenvalue weighted by atomic mass is 10.1. The molecule has 1 atom stereocenters. The molecule has 0 aliphatic heterocycles. The molecule has 218 valence electrons. The maximum absolute atomic E-state index is 14.2. The average Bonchev–Trinajstić information content (AvgIpc) is 3.50. The Morgan fingerprint density at radius 2 is 1.56 bits per heavy atom. The number of carbonyl (C=O) groups is 2. The molecule has 0 bridgehead atoms. The van der Waals surface area contributed by atoms with E-state index in [0.717, 1.165) is 42.0 Å². The molecule has 1 unspecified atom stereocenters. The van der Waals surface area contributed by atoms with Gasteiger partial charge in [-0.2, -0.15) is 0 Å². The van der Waals surface area contributed by atoms with Gasteiger partial charge in [0.2, 0.25) is 11.8 Å². The number of rotatable bonds is 12. The molecule has 3 aromatic rings. The quantitative estimate of drug-likeness (QED) is 0.280. The number of sulfonamides is 1. The van der Waals surface area contributed by atoms with Gasteiger partial charge < -0.3 is 10.2 Å². The molecule has 1 aliphatic carbocycles. The van der Waals surface area contributed by atoms with Crippen molar-refractivity contribution in [3.05, 3.63) is 95.0 Å². The van der Waals surface area contributed by atoms with Crippen molar-refractivity contribution in [2.75, 3.05) is 10.8 Å². The van der Waals surface area contributed by atoms with Gasteiger partial charge in [-0.25, -0.2) is 8.42 Å². The van der Waals surface area contributed by atoms with Crippen molar-refractivity contribution in [2.45, 2.75) is 75.9 Å². The summed E-state index contributed by atoms with van der Waals surface area (Å²) in [6, 6.07) is 21.7. The van der Waals surface area contributed by atoms with Crippen LogP contribution in [0, 0.1) is 0 Å². The van der Waals surface area contributed by atoms with Crippen LogP contribution in [0.2, 0.25) is 5.02 Å². The minimum Gasteiger partial charge on any atom is -0.352 e. The molecule has 0 aromatic heterocycles. The molecule has 41 heavy (non-hydrogen) atoms. The summed E-state index contributed by atoms with van der Waals surface area (Å²) in [7, 11) is -4.10. The monoisotopic (exact) mass is 595 g/mol. The van der Waals surface area contributed by atoms with Gasteiger partial charge in [0.05, 0.1) is 10.6 Å². The number of aryl methyl sites for hydroxylation is 1. The van der Waals surface area contributed by atoms with Crippen molar-refractivity contribution in [3.8, 4) is 0 Å². The second-order valence-electron chi connectivity index (χ2n) is 10.4. The van der Waals surface area contributed by atoms with Crippen molar-refractivity contribution in [1.82, 2.24) is 10.2 Å². The van der Waals surface area contributed by atoms with E-state index in [0.29, 0.717) is 22.7 Å². The predicted octanol–water partition coefficient (Wildman–Crippen LogP) is 5.96. The summed E-state index contributed by atoms with van der Waals surface area (Å²) in [6.45, 7) is 3.47. The molecule has 9 heteroatoms. The molecule has 0 saturated heterocycles. The maximum Gasteiger partial charge on any atom is 0.264 e. The van der Waals surface area contributed by atoms with E-state index in [4.69, 9.17) is 11.6 Å². The lowest BCUT2D eigenvalue weighted by molar-refractivity contribution is -0.140. The average molecular weight is 596 g/mol. The third-order valence-corrected chi connectivity index (χ3v) is 9.79. The second-order valence-corrected chi connectivity index (χ2v) is 12.6. The molecule has 7 nitrogen and oxygen atoms in total. The van der Waals surface area contributed by atoms with Gasteiger partial charge in [-0.05, 0) is 67.1 Å². The molecule has 0 radical (unpaired) electrons. The van der Waals surface area contributed by atoms with E-state index < -0.39 is 28.5 Å². The third kappa shape index (κ3) is 7.49.